The van der Waals surface area contributed by atoms with Crippen molar-refractivity contribution in [3.63, 3.8) is 0 Å². The number of amides is 1. The Bertz CT molecular complexity index is 599. The van der Waals surface area contributed by atoms with Crippen LogP contribution in [0.15, 0.2) is 12.7 Å². The van der Waals surface area contributed by atoms with E-state index in [9.17, 15) is 9.90 Å². The molecular formula is C26H55NO4Si2. The van der Waals surface area contributed by atoms with Crippen molar-refractivity contribution in [2.45, 2.75) is 122 Å². The molecule has 196 valence electrons. The minimum absolute atomic E-state index is 0.00380. The lowest BCUT2D eigenvalue weighted by Crippen LogP contribution is -2.60. The molecule has 0 aliphatic heterocycles. The minimum Gasteiger partial charge on any atom is -0.414 e. The molecule has 0 spiro atoms. The second kappa shape index (κ2) is 14.2. The highest BCUT2D eigenvalue weighted by Crippen LogP contribution is 2.49. The van der Waals surface area contributed by atoms with Gasteiger partial charge in [0, 0.05) is 25.4 Å². The maximum Gasteiger partial charge on any atom is 0.245 e. The van der Waals surface area contributed by atoms with Crippen molar-refractivity contribution < 1.29 is 19.1 Å². The summed E-state index contributed by atoms with van der Waals surface area (Å²) in [5, 5.41) is 10.3. The molecule has 0 aromatic heterocycles. The molecule has 0 aliphatic rings. The first-order chi connectivity index (χ1) is 15.1. The molecule has 0 aliphatic carbocycles. The van der Waals surface area contributed by atoms with E-state index < -0.39 is 22.5 Å². The molecule has 3 atom stereocenters. The molecule has 0 saturated carbocycles. The van der Waals surface area contributed by atoms with Crippen LogP contribution in [0.2, 0.25) is 37.3 Å². The van der Waals surface area contributed by atoms with Gasteiger partial charge in [0.15, 0.2) is 8.32 Å². The normalized spacial score (nSPS) is 17.2. The van der Waals surface area contributed by atoms with Gasteiger partial charge in [-0.3, -0.25) is 4.79 Å². The molecule has 5 nitrogen and oxygen atoms in total. The number of nitrogens with zero attached hydrogens (tertiary/aromatic N) is 1. The zero-order valence-corrected chi connectivity index (χ0v) is 25.6. The topological polar surface area (TPSA) is 59.0 Å². The molecule has 0 saturated heterocycles. The molecule has 0 bridgehead atoms. The zero-order valence-electron chi connectivity index (χ0n) is 23.6. The van der Waals surface area contributed by atoms with Crippen molar-refractivity contribution in [2.24, 2.45) is 0 Å². The lowest BCUT2D eigenvalue weighted by atomic mass is 10.0. The van der Waals surface area contributed by atoms with Crippen LogP contribution < -0.4 is 0 Å². The van der Waals surface area contributed by atoms with Crippen LogP contribution >= 0.6 is 0 Å². The number of carbonyl (C=O) groups excluding carboxylic acids is 1. The van der Waals surface area contributed by atoms with Crippen LogP contribution in [0.25, 0.3) is 0 Å². The lowest BCUT2D eigenvalue weighted by Gasteiger charge is -2.52. The summed E-state index contributed by atoms with van der Waals surface area (Å²) < 4.78 is 13.0. The van der Waals surface area contributed by atoms with E-state index in [1.807, 2.05) is 0 Å². The van der Waals surface area contributed by atoms with Crippen molar-refractivity contribution in [1.82, 2.24) is 4.90 Å². The minimum atomic E-state index is -2.01. The number of unbranched alkanes of at least 4 members (excludes halogenated alkanes) is 1. The first-order valence-electron chi connectivity index (χ1n) is 13.0. The Hall–Kier alpha value is -0.476. The fraction of sp³-hybridized carbons (Fsp3) is 0.885. The molecule has 0 fully saturated rings. The van der Waals surface area contributed by atoms with Crippen molar-refractivity contribution in [1.29, 1.82) is 0 Å². The van der Waals surface area contributed by atoms with E-state index in [1.165, 1.54) is 29.9 Å². The highest BCUT2D eigenvalue weighted by Gasteiger charge is 2.51. The van der Waals surface area contributed by atoms with Gasteiger partial charge in [-0.2, -0.15) is 0 Å². The third-order valence-corrected chi connectivity index (χ3v) is 17.9. The molecule has 0 heterocycles. The largest absolute Gasteiger partial charge is 0.414 e. The van der Waals surface area contributed by atoms with E-state index in [1.54, 1.807) is 7.05 Å². The Morgan fingerprint density at radius 1 is 1.12 bits per heavy atom. The number of hydrogen-bond acceptors (Lipinski definition) is 4. The molecule has 7 heteroatoms. The van der Waals surface area contributed by atoms with E-state index in [0.717, 1.165) is 25.7 Å². The van der Waals surface area contributed by atoms with Crippen LogP contribution in [0.5, 0.6) is 0 Å². The number of aliphatic hydroxyl groups excluding tert-OH is 1. The molecule has 0 rings (SSSR count). The van der Waals surface area contributed by atoms with Gasteiger partial charge < -0.3 is 19.2 Å². The van der Waals surface area contributed by atoms with Crippen molar-refractivity contribution in [3.05, 3.63) is 12.7 Å². The van der Waals surface area contributed by atoms with Crippen LogP contribution in [-0.4, -0.2) is 70.4 Å². The summed E-state index contributed by atoms with van der Waals surface area (Å²) in [4.78, 5) is 13.0. The van der Waals surface area contributed by atoms with Crippen LogP contribution in [0.4, 0.5) is 0 Å². The third-order valence-electron chi connectivity index (χ3n) is 8.34. The Kier molecular flexibility index (Phi) is 14.0. The summed E-state index contributed by atoms with van der Waals surface area (Å²) in [7, 11) is -1.89. The first-order valence-corrected chi connectivity index (χ1v) is 19.1. The maximum absolute atomic E-state index is 11.5. The SMILES string of the molecule is C=CC(=O)N(C)CC(O)COCCCC(C)(CC)[Si](C)(C)OC(C)(CC)[Si](C)(C)CCCC. The summed E-state index contributed by atoms with van der Waals surface area (Å²) in [6, 6.07) is 1.32. The highest BCUT2D eigenvalue weighted by molar-refractivity contribution is 6.82. The van der Waals surface area contributed by atoms with Gasteiger partial charge in [0.2, 0.25) is 5.91 Å². The molecule has 3 unspecified atom stereocenters. The third kappa shape index (κ3) is 9.59. The predicted molar refractivity (Wildman–Crippen MR) is 147 cm³/mol. The second-order valence-corrected chi connectivity index (χ2v) is 21.1. The van der Waals surface area contributed by atoms with E-state index in [0.29, 0.717) is 6.61 Å². The van der Waals surface area contributed by atoms with E-state index in [2.05, 4.69) is 67.4 Å². The fourth-order valence-corrected chi connectivity index (χ4v) is 12.3. The number of ether oxygens (including phenoxy) is 1. The van der Waals surface area contributed by atoms with E-state index in [-0.39, 0.29) is 29.3 Å². The smallest absolute Gasteiger partial charge is 0.245 e. The van der Waals surface area contributed by atoms with Crippen molar-refractivity contribution in [2.75, 3.05) is 26.8 Å². The van der Waals surface area contributed by atoms with Crippen LogP contribution in [0, 0.1) is 0 Å². The van der Waals surface area contributed by atoms with Crippen LogP contribution in [0.3, 0.4) is 0 Å². The number of carbonyl (C=O) groups is 1. The quantitative estimate of drug-likeness (QED) is 0.134. The van der Waals surface area contributed by atoms with Gasteiger partial charge in [0.25, 0.3) is 0 Å². The van der Waals surface area contributed by atoms with Crippen LogP contribution in [-0.2, 0) is 14.0 Å². The van der Waals surface area contributed by atoms with Crippen LogP contribution in [0.1, 0.15) is 73.1 Å². The Morgan fingerprint density at radius 2 is 1.73 bits per heavy atom. The zero-order chi connectivity index (χ0) is 25.9. The molecule has 33 heavy (non-hydrogen) atoms. The lowest BCUT2D eigenvalue weighted by molar-refractivity contribution is -0.126. The number of likely N-dealkylation sites (N-methyl/N-ethyl adjacent to an activating group) is 1. The molecule has 1 amide bonds. The molecule has 0 aromatic carbocycles. The van der Waals surface area contributed by atoms with E-state index >= 15 is 0 Å². The predicted octanol–water partition coefficient (Wildman–Crippen LogP) is 6.40. The second-order valence-electron chi connectivity index (χ2n) is 11.4. The standard InChI is InChI=1S/C26H55NO4Si2/c1-12-16-20-32(8,9)26(6,15-4)31-33(10,11)25(5,14-3)18-17-19-30-22-23(28)21-27(7)24(29)13-2/h13,23,28H,2,12,14-22H2,1,3-11H3. The van der Waals surface area contributed by atoms with Gasteiger partial charge in [-0.25, -0.2) is 0 Å². The van der Waals surface area contributed by atoms with Gasteiger partial charge in [0.1, 0.15) is 0 Å². The molecule has 0 aromatic rings. The summed E-state index contributed by atoms with van der Waals surface area (Å²) in [6.45, 7) is 26.1. The highest BCUT2D eigenvalue weighted by atomic mass is 28.4. The fourth-order valence-electron chi connectivity index (χ4n) is 4.56. The molecule has 1 N–H and O–H groups in total. The monoisotopic (exact) mass is 501 g/mol. The van der Waals surface area contributed by atoms with Gasteiger partial charge in [0.05, 0.1) is 20.8 Å². The Balaban J connectivity index is 4.94. The summed E-state index contributed by atoms with van der Waals surface area (Å²) in [5.74, 6) is -0.194. The van der Waals surface area contributed by atoms with E-state index in [4.69, 9.17) is 9.16 Å². The van der Waals surface area contributed by atoms with Gasteiger partial charge in [-0.05, 0) is 50.4 Å². The Morgan fingerprint density at radius 3 is 2.21 bits per heavy atom. The first kappa shape index (κ1) is 32.5. The van der Waals surface area contributed by atoms with Gasteiger partial charge in [-0.1, -0.05) is 72.7 Å². The number of hydrogen-bond donors (Lipinski definition) is 1. The van der Waals surface area contributed by atoms with Gasteiger partial charge >= 0.3 is 0 Å². The number of rotatable bonds is 18. The van der Waals surface area contributed by atoms with Crippen molar-refractivity contribution in [3.8, 4) is 0 Å². The summed E-state index contributed by atoms with van der Waals surface area (Å²) >= 11 is 0. The summed E-state index contributed by atoms with van der Waals surface area (Å²) in [6.07, 6.45) is 7.29. The summed E-state index contributed by atoms with van der Waals surface area (Å²) in [5.41, 5.74) is 0. The maximum atomic E-state index is 11.5. The van der Waals surface area contributed by atoms with Crippen molar-refractivity contribution >= 4 is 22.3 Å². The average molecular weight is 502 g/mol. The van der Waals surface area contributed by atoms with Gasteiger partial charge in [-0.15, -0.1) is 0 Å². The Labute approximate surface area is 207 Å². The molecular weight excluding hydrogens is 446 g/mol. The average Bonchev–Trinajstić information content (AvgIpc) is 2.75. The number of aliphatic hydroxyl groups is 1. The molecule has 0 radical (unpaired) electrons.